The van der Waals surface area contributed by atoms with Crippen LogP contribution in [0.4, 0.5) is 26.3 Å². The number of alkyl halides is 6. The smallest absolute Gasteiger partial charge is 0.508 e. The number of phenolic OH excluding ortho intramolecular Hbond substituents is 3. The number of aromatic hydroxyl groups is 3. The molecule has 0 aromatic heterocycles. The molecule has 0 aliphatic heterocycles. The summed E-state index contributed by atoms with van der Waals surface area (Å²) in [6, 6.07) is 18.6. The number of halogens is 7. The van der Waals surface area contributed by atoms with E-state index in [4.69, 9.17) is 15.3 Å². The number of rotatable bonds is 9. The van der Waals surface area contributed by atoms with Crippen molar-refractivity contribution < 1.29 is 79.5 Å². The maximum absolute atomic E-state index is 12.3. The molecule has 0 amide bonds. The molecule has 0 fully saturated rings. The maximum Gasteiger partial charge on any atom is 0.534 e. The predicted octanol–water partition coefficient (Wildman–Crippen LogP) is 6.81. The van der Waals surface area contributed by atoms with Crippen molar-refractivity contribution in [1.29, 1.82) is 0 Å². The van der Waals surface area contributed by atoms with E-state index in [-0.39, 0.29) is 36.8 Å². The third kappa shape index (κ3) is 15.0. The van der Waals surface area contributed by atoms with Crippen LogP contribution in [0.25, 0.3) is 0 Å². The van der Waals surface area contributed by atoms with Crippen LogP contribution in [0.2, 0.25) is 0 Å². The van der Waals surface area contributed by atoms with Gasteiger partial charge in [-0.2, -0.15) is 34.8 Å². The summed E-state index contributed by atoms with van der Waals surface area (Å²) in [6.45, 7) is 10.1. The second-order valence-corrected chi connectivity index (χ2v) is 18.4. The molecule has 0 atom stereocenters. The zero-order valence-electron chi connectivity index (χ0n) is 29.1. The highest BCUT2D eigenvalue weighted by atomic mass is 35.7. The van der Waals surface area contributed by atoms with E-state index in [0.29, 0.717) is 0 Å². The summed E-state index contributed by atoms with van der Waals surface area (Å²) in [6.07, 6.45) is 0. The van der Waals surface area contributed by atoms with Gasteiger partial charge in [0.25, 0.3) is 0 Å². The van der Waals surface area contributed by atoms with Crippen molar-refractivity contribution >= 4 is 49.5 Å². The fourth-order valence-corrected chi connectivity index (χ4v) is 6.65. The molecule has 4 aromatic rings. The van der Waals surface area contributed by atoms with Gasteiger partial charge in [-0.25, -0.2) is 25.3 Å². The van der Waals surface area contributed by atoms with E-state index in [9.17, 15) is 60.0 Å². The number of hydrogen-bond acceptors (Lipinski definition) is 13. The van der Waals surface area contributed by atoms with Crippen molar-refractivity contribution in [2.45, 2.75) is 51.4 Å². The van der Waals surface area contributed by atoms with Crippen molar-refractivity contribution in [1.82, 2.24) is 4.90 Å². The third-order valence-electron chi connectivity index (χ3n) is 6.68. The van der Waals surface area contributed by atoms with Gasteiger partial charge in [0, 0.05) is 10.7 Å². The Morgan fingerprint density at radius 3 is 0.911 bits per heavy atom. The lowest BCUT2D eigenvalue weighted by Gasteiger charge is -2.13. The normalized spacial score (nSPS) is 12.2. The summed E-state index contributed by atoms with van der Waals surface area (Å²) in [4.78, 5) is 2.13. The van der Waals surface area contributed by atoms with E-state index in [2.05, 4.69) is 40.5 Å². The first kappa shape index (κ1) is 49.7. The minimum Gasteiger partial charge on any atom is -0.508 e. The van der Waals surface area contributed by atoms with Crippen LogP contribution in [0.3, 0.4) is 0 Å². The molecule has 0 unspecified atom stereocenters. The molecule has 0 aliphatic carbocycles. The highest BCUT2D eigenvalue weighted by molar-refractivity contribution is 8.14. The predicted molar refractivity (Wildman–Crippen MR) is 192 cm³/mol. The molecule has 0 spiro atoms. The number of hydrogen-bond donors (Lipinski definition) is 3. The number of nitrogens with zero attached hydrogens (tertiary/aromatic N) is 1. The molecule has 312 valence electrons. The molecule has 0 radical (unpaired) electrons. The molecule has 0 saturated carbocycles. The Morgan fingerprint density at radius 1 is 0.500 bits per heavy atom. The highest BCUT2D eigenvalue weighted by Crippen LogP contribution is 2.30. The van der Waals surface area contributed by atoms with E-state index in [1.54, 1.807) is 0 Å². The quantitative estimate of drug-likeness (QED) is 0.0684. The Labute approximate surface area is 323 Å². The summed E-state index contributed by atoms with van der Waals surface area (Å²) in [5.41, 5.74) is -10.9. The second-order valence-electron chi connectivity index (χ2n) is 10.4. The molecule has 0 heterocycles. The Morgan fingerprint density at radius 2 is 0.732 bits per heavy atom. The van der Waals surface area contributed by atoms with Crippen LogP contribution in [-0.4, -0.2) is 84.5 Å². The van der Waals surface area contributed by atoms with Gasteiger partial charge < -0.3 is 24.4 Å². The Kier molecular flexibility index (Phi) is 18.0. The average Bonchev–Trinajstić information content (AvgIpc) is 3.09. The average molecular weight is 902 g/mol. The zero-order valence-corrected chi connectivity index (χ0v) is 33.1. The van der Waals surface area contributed by atoms with Gasteiger partial charge in [0.05, 0.1) is 19.6 Å². The number of benzene rings is 4. The first-order valence-corrected chi connectivity index (χ1v) is 21.9. The van der Waals surface area contributed by atoms with Gasteiger partial charge in [0.15, 0.2) is 0 Å². The number of sulfone groups is 2. The zero-order chi connectivity index (χ0) is 43.3. The number of phenols is 3. The molecule has 0 aliphatic rings. The van der Waals surface area contributed by atoms with Crippen LogP contribution >= 0.6 is 10.7 Å². The minimum absolute atomic E-state index is 0.00894. The van der Waals surface area contributed by atoms with E-state index in [1.165, 1.54) is 68.2 Å². The van der Waals surface area contributed by atoms with Gasteiger partial charge in [-0.05, 0) is 117 Å². The summed E-state index contributed by atoms with van der Waals surface area (Å²) >= 11 is 0. The molecular weight excluding hydrogens is 868 g/mol. The SMILES string of the molecule is CCN(CC)CC.O=S(=O)(Cl)C(F)(F)F.O=S(=O)(c1ccc(O)cc1)c1ccc(O)cc1.O=S(=O)(c1ccc(O)cc1)c1ccc(OS(=O)(=O)C(F)(F)F)cc1. The van der Waals surface area contributed by atoms with Crippen LogP contribution < -0.4 is 4.18 Å². The van der Waals surface area contributed by atoms with Crippen LogP contribution in [0.15, 0.2) is 117 Å². The fourth-order valence-electron chi connectivity index (χ4n) is 3.67. The van der Waals surface area contributed by atoms with Crippen LogP contribution in [-0.2, 0) is 38.8 Å². The van der Waals surface area contributed by atoms with E-state index in [0.717, 1.165) is 48.5 Å². The van der Waals surface area contributed by atoms with Gasteiger partial charge in [-0.3, -0.25) is 0 Å². The van der Waals surface area contributed by atoms with E-state index >= 15 is 0 Å². The molecule has 0 saturated heterocycles. The Hall–Kier alpha value is -4.29. The molecule has 4 rings (SSSR count). The second kappa shape index (κ2) is 20.2. The lowest BCUT2D eigenvalue weighted by atomic mass is 10.3. The topological polar surface area (TPSA) is 210 Å². The first-order chi connectivity index (χ1) is 25.5. The van der Waals surface area contributed by atoms with Crippen LogP contribution in [0.1, 0.15) is 20.8 Å². The molecule has 4 aromatic carbocycles. The third-order valence-corrected chi connectivity index (χ3v) is 12.3. The van der Waals surface area contributed by atoms with Crippen molar-refractivity contribution in [3.8, 4) is 23.0 Å². The molecule has 56 heavy (non-hydrogen) atoms. The van der Waals surface area contributed by atoms with Crippen molar-refractivity contribution in [3.63, 3.8) is 0 Å². The highest BCUT2D eigenvalue weighted by Gasteiger charge is 2.48. The summed E-state index contributed by atoms with van der Waals surface area (Å²) < 4.78 is 162. The minimum atomic E-state index is -5.83. The summed E-state index contributed by atoms with van der Waals surface area (Å²) in [5, 5.41) is 27.3. The van der Waals surface area contributed by atoms with Crippen molar-refractivity contribution in [2.24, 2.45) is 0 Å². The largest absolute Gasteiger partial charge is 0.534 e. The molecule has 3 N–H and O–H groups in total. The monoisotopic (exact) mass is 901 g/mol. The van der Waals surface area contributed by atoms with Crippen LogP contribution in [0, 0.1) is 0 Å². The first-order valence-electron chi connectivity index (χ1n) is 15.2. The Balaban J connectivity index is 0.000000423. The van der Waals surface area contributed by atoms with E-state index in [1.807, 2.05) is 0 Å². The van der Waals surface area contributed by atoms with Gasteiger partial charge in [0.1, 0.15) is 23.0 Å². The van der Waals surface area contributed by atoms with Crippen molar-refractivity contribution in [2.75, 3.05) is 19.6 Å². The lowest BCUT2D eigenvalue weighted by molar-refractivity contribution is -0.0500. The standard InChI is InChI=1S/C13H9F3O6S2.C12H10O4S.C6H15N.CClF3O2S/c14-13(15,16)24(20,21)22-10-3-7-12(8-4-10)23(18,19)11-5-1-9(17)2-6-11;13-9-1-5-11(6-2-9)17(15,16)12-7-3-10(14)4-8-12;1-4-7(5-2)6-3;2-8(6,7)1(3,4)5/h1-8,17H;1-8,13-14H;4-6H2,1-3H3;. The fraction of sp³-hybridized carbons (Fsp3) is 0.250. The van der Waals surface area contributed by atoms with Gasteiger partial charge in [0.2, 0.25) is 19.7 Å². The van der Waals surface area contributed by atoms with Gasteiger partial charge in [-0.15, -0.1) is 0 Å². The molecule has 13 nitrogen and oxygen atoms in total. The molecular formula is C32H34ClF6NO12S4. The van der Waals surface area contributed by atoms with E-state index < -0.39 is 55.6 Å². The lowest BCUT2D eigenvalue weighted by Crippen LogP contribution is -2.28. The van der Waals surface area contributed by atoms with Crippen molar-refractivity contribution in [3.05, 3.63) is 97.1 Å². The Bertz CT molecular complexity index is 2230. The van der Waals surface area contributed by atoms with Crippen LogP contribution in [0.5, 0.6) is 23.0 Å². The summed E-state index contributed by atoms with van der Waals surface area (Å²) in [7, 11) is -14.9. The molecule has 0 bridgehead atoms. The molecule has 24 heteroatoms. The van der Waals surface area contributed by atoms with Gasteiger partial charge in [-0.1, -0.05) is 20.8 Å². The van der Waals surface area contributed by atoms with Gasteiger partial charge >= 0.3 is 30.2 Å². The summed E-state index contributed by atoms with van der Waals surface area (Å²) in [5.74, 6) is -0.809. The maximum atomic E-state index is 12.3.